The Morgan fingerprint density at radius 1 is 1.47 bits per heavy atom. The summed E-state index contributed by atoms with van der Waals surface area (Å²) in [7, 11) is -3.50. The molecule has 0 aromatic carbocycles. The van der Waals surface area contributed by atoms with Gasteiger partial charge in [-0.3, -0.25) is 5.10 Å². The first-order valence-electron chi connectivity index (χ1n) is 4.74. The maximum absolute atomic E-state index is 11.9. The fourth-order valence-electron chi connectivity index (χ4n) is 1.16. The highest BCUT2D eigenvalue weighted by Gasteiger charge is 2.16. The molecule has 0 atom stereocenters. The highest BCUT2D eigenvalue weighted by Crippen LogP contribution is 2.20. The van der Waals surface area contributed by atoms with Crippen LogP contribution < -0.4 is 10.5 Å². The number of sulfonamides is 1. The lowest BCUT2D eigenvalue weighted by atomic mass is 10.5. The molecule has 92 valence electrons. The van der Waals surface area contributed by atoms with Crippen LogP contribution in [0.1, 0.15) is 10.7 Å². The quantitative estimate of drug-likeness (QED) is 0.698. The molecule has 17 heavy (non-hydrogen) atoms. The summed E-state index contributed by atoms with van der Waals surface area (Å²) in [5, 5.41) is 6.20. The summed E-state index contributed by atoms with van der Waals surface area (Å²) in [5.41, 5.74) is 5.43. The average Bonchev–Trinajstić information content (AvgIpc) is 2.98. The zero-order chi connectivity index (χ0) is 12.3. The Balaban J connectivity index is 2.08. The molecule has 0 unspecified atom stereocenters. The van der Waals surface area contributed by atoms with Gasteiger partial charge in [0.15, 0.2) is 0 Å². The summed E-state index contributed by atoms with van der Waals surface area (Å²) in [6.07, 6.45) is 1.32. The lowest BCUT2D eigenvalue weighted by molar-refractivity contribution is 0.581. The Morgan fingerprint density at radius 3 is 2.88 bits per heavy atom. The molecule has 0 aliphatic rings. The van der Waals surface area contributed by atoms with E-state index in [-0.39, 0.29) is 10.8 Å². The van der Waals surface area contributed by atoms with Crippen molar-refractivity contribution in [3.8, 4) is 0 Å². The van der Waals surface area contributed by atoms with Gasteiger partial charge in [0, 0.05) is 11.4 Å². The molecule has 9 heteroatoms. The van der Waals surface area contributed by atoms with Crippen LogP contribution in [-0.2, 0) is 23.1 Å². The molecule has 2 heterocycles. The Kier molecular flexibility index (Phi) is 3.52. The minimum Gasteiger partial charge on any atom is -0.326 e. The topological polar surface area (TPSA) is 114 Å². The van der Waals surface area contributed by atoms with Crippen molar-refractivity contribution in [3.05, 3.63) is 29.2 Å². The van der Waals surface area contributed by atoms with Crippen LogP contribution in [0.4, 0.5) is 0 Å². The maximum atomic E-state index is 11.9. The summed E-state index contributed by atoms with van der Waals surface area (Å²) in [6, 6.07) is 3.24. The van der Waals surface area contributed by atoms with Gasteiger partial charge in [-0.25, -0.2) is 18.1 Å². The van der Waals surface area contributed by atoms with Gasteiger partial charge >= 0.3 is 0 Å². The van der Waals surface area contributed by atoms with Crippen LogP contribution in [0, 0.1) is 0 Å². The van der Waals surface area contributed by atoms with Gasteiger partial charge in [-0.15, -0.1) is 11.3 Å². The number of H-pyrrole nitrogens is 1. The van der Waals surface area contributed by atoms with Crippen molar-refractivity contribution in [3.63, 3.8) is 0 Å². The van der Waals surface area contributed by atoms with E-state index in [0.717, 1.165) is 16.2 Å². The fourth-order valence-corrected chi connectivity index (χ4v) is 3.43. The second-order valence-corrected chi connectivity index (χ2v) is 6.34. The van der Waals surface area contributed by atoms with Crippen molar-refractivity contribution in [1.29, 1.82) is 0 Å². The molecule has 0 bridgehead atoms. The second-order valence-electron chi connectivity index (χ2n) is 3.18. The predicted octanol–water partition coefficient (Wildman–Crippen LogP) is -0.197. The number of aromatic nitrogens is 3. The van der Waals surface area contributed by atoms with Crippen LogP contribution >= 0.6 is 11.3 Å². The molecule has 0 fully saturated rings. The summed E-state index contributed by atoms with van der Waals surface area (Å²) in [5.74, 6) is 0.462. The number of hydrogen-bond acceptors (Lipinski definition) is 6. The minimum atomic E-state index is -3.50. The van der Waals surface area contributed by atoms with E-state index in [1.54, 1.807) is 6.07 Å². The summed E-state index contributed by atoms with van der Waals surface area (Å²) < 4.78 is 26.4. The smallest absolute Gasteiger partial charge is 0.250 e. The van der Waals surface area contributed by atoms with E-state index in [0.29, 0.717) is 12.4 Å². The number of aromatic amines is 1. The van der Waals surface area contributed by atoms with E-state index in [2.05, 4.69) is 19.9 Å². The molecule has 0 saturated carbocycles. The first kappa shape index (κ1) is 12.2. The van der Waals surface area contributed by atoms with Gasteiger partial charge in [0.2, 0.25) is 10.0 Å². The molecule has 0 aliphatic heterocycles. The van der Waals surface area contributed by atoms with Crippen molar-refractivity contribution in [2.45, 2.75) is 17.3 Å². The van der Waals surface area contributed by atoms with Crippen LogP contribution in [0.5, 0.6) is 0 Å². The Hall–Kier alpha value is -1.29. The van der Waals surface area contributed by atoms with Gasteiger partial charge in [-0.05, 0) is 12.1 Å². The van der Waals surface area contributed by atoms with Crippen molar-refractivity contribution in [1.82, 2.24) is 19.9 Å². The first-order chi connectivity index (χ1) is 8.12. The van der Waals surface area contributed by atoms with Crippen molar-refractivity contribution in [2.75, 3.05) is 0 Å². The molecule has 0 saturated heterocycles. The maximum Gasteiger partial charge on any atom is 0.250 e. The minimum absolute atomic E-state index is 0.0815. The van der Waals surface area contributed by atoms with Gasteiger partial charge in [0.25, 0.3) is 0 Å². The first-order valence-corrected chi connectivity index (χ1v) is 7.04. The molecule has 0 amide bonds. The Bertz CT molecular complexity index is 575. The number of nitrogens with two attached hydrogens (primary N) is 1. The van der Waals surface area contributed by atoms with E-state index >= 15 is 0 Å². The number of nitrogens with one attached hydrogen (secondary N) is 2. The van der Waals surface area contributed by atoms with Crippen LogP contribution in [-0.4, -0.2) is 23.6 Å². The number of hydrogen-bond donors (Lipinski definition) is 3. The second kappa shape index (κ2) is 4.92. The SMILES string of the molecule is NCc1ccc(S(=O)(=O)NCc2ncn[nH]2)s1. The largest absolute Gasteiger partial charge is 0.326 e. The highest BCUT2D eigenvalue weighted by atomic mass is 32.2. The van der Waals surface area contributed by atoms with Crippen molar-refractivity contribution < 1.29 is 8.42 Å². The van der Waals surface area contributed by atoms with Crippen molar-refractivity contribution in [2.24, 2.45) is 5.73 Å². The van der Waals surface area contributed by atoms with E-state index in [1.165, 1.54) is 12.4 Å². The van der Waals surface area contributed by atoms with Gasteiger partial charge in [-0.1, -0.05) is 0 Å². The predicted molar refractivity (Wildman–Crippen MR) is 62.6 cm³/mol. The zero-order valence-electron chi connectivity index (χ0n) is 8.75. The monoisotopic (exact) mass is 273 g/mol. The Morgan fingerprint density at radius 2 is 2.29 bits per heavy atom. The standard InChI is InChI=1S/C8H11N5O2S2/c9-3-6-1-2-8(16-6)17(14,15)12-4-7-10-5-11-13-7/h1-2,5,12H,3-4,9H2,(H,10,11,13). The van der Waals surface area contributed by atoms with E-state index in [4.69, 9.17) is 5.73 Å². The molecule has 0 radical (unpaired) electrons. The van der Waals surface area contributed by atoms with Crippen LogP contribution in [0.2, 0.25) is 0 Å². The summed E-state index contributed by atoms with van der Waals surface area (Å²) in [6.45, 7) is 0.417. The van der Waals surface area contributed by atoms with Gasteiger partial charge < -0.3 is 5.73 Å². The molecule has 0 spiro atoms. The third-order valence-corrected chi connectivity index (χ3v) is 5.00. The fraction of sp³-hybridized carbons (Fsp3) is 0.250. The zero-order valence-corrected chi connectivity index (χ0v) is 10.4. The molecule has 2 aromatic rings. The van der Waals surface area contributed by atoms with Gasteiger partial charge in [-0.2, -0.15) is 5.10 Å². The number of thiophene rings is 1. The molecule has 2 aromatic heterocycles. The molecule has 4 N–H and O–H groups in total. The summed E-state index contributed by atoms with van der Waals surface area (Å²) in [4.78, 5) is 4.65. The summed E-state index contributed by atoms with van der Waals surface area (Å²) >= 11 is 1.16. The van der Waals surface area contributed by atoms with E-state index < -0.39 is 10.0 Å². The number of nitrogens with zero attached hydrogens (tertiary/aromatic N) is 2. The lowest BCUT2D eigenvalue weighted by Gasteiger charge is -2.01. The highest BCUT2D eigenvalue weighted by molar-refractivity contribution is 7.91. The number of rotatable bonds is 5. The van der Waals surface area contributed by atoms with E-state index in [1.807, 2.05) is 0 Å². The third-order valence-electron chi connectivity index (χ3n) is 2.00. The molecule has 0 aliphatic carbocycles. The van der Waals surface area contributed by atoms with Crippen LogP contribution in [0.15, 0.2) is 22.7 Å². The molecule has 7 nitrogen and oxygen atoms in total. The van der Waals surface area contributed by atoms with Crippen LogP contribution in [0.25, 0.3) is 0 Å². The molecule has 2 rings (SSSR count). The van der Waals surface area contributed by atoms with Gasteiger partial charge in [0.1, 0.15) is 16.4 Å². The Labute approximate surface area is 102 Å². The van der Waals surface area contributed by atoms with E-state index in [9.17, 15) is 8.42 Å². The molecular formula is C8H11N5O2S2. The van der Waals surface area contributed by atoms with Gasteiger partial charge in [0.05, 0.1) is 6.54 Å². The average molecular weight is 273 g/mol. The van der Waals surface area contributed by atoms with Crippen molar-refractivity contribution >= 4 is 21.4 Å². The lowest BCUT2D eigenvalue weighted by Crippen LogP contribution is -2.23. The third kappa shape index (κ3) is 2.88. The molecular weight excluding hydrogens is 262 g/mol. The van der Waals surface area contributed by atoms with Crippen LogP contribution in [0.3, 0.4) is 0 Å². The normalized spacial score (nSPS) is 11.8.